The summed E-state index contributed by atoms with van der Waals surface area (Å²) in [5.74, 6) is 1.57. The van der Waals surface area contributed by atoms with Gasteiger partial charge in [0.25, 0.3) is 0 Å². The molecule has 2 aromatic heterocycles. The summed E-state index contributed by atoms with van der Waals surface area (Å²) in [5.41, 5.74) is 3.63. The summed E-state index contributed by atoms with van der Waals surface area (Å²) >= 11 is 5.85. The van der Waals surface area contributed by atoms with Gasteiger partial charge in [0.2, 0.25) is 0 Å². The molecule has 4 aromatic rings. The number of rotatable bonds is 6. The molecule has 1 fully saturated rings. The third-order valence-electron chi connectivity index (χ3n) is 5.96. The summed E-state index contributed by atoms with van der Waals surface area (Å²) in [7, 11) is 3.26. The molecule has 0 saturated carbocycles. The quantitative estimate of drug-likeness (QED) is 0.392. The molecule has 0 radical (unpaired) electrons. The Morgan fingerprint density at radius 1 is 0.971 bits per heavy atom. The molecule has 1 saturated heterocycles. The Balaban J connectivity index is 1.68. The van der Waals surface area contributed by atoms with Gasteiger partial charge in [0.1, 0.15) is 23.3 Å². The zero-order chi connectivity index (χ0) is 23.7. The van der Waals surface area contributed by atoms with E-state index in [-0.39, 0.29) is 17.8 Å². The fourth-order valence-corrected chi connectivity index (χ4v) is 4.72. The molecule has 1 aliphatic heterocycles. The first-order valence-electron chi connectivity index (χ1n) is 10.8. The van der Waals surface area contributed by atoms with Crippen LogP contribution in [0, 0.1) is 0 Å². The highest BCUT2D eigenvalue weighted by Crippen LogP contribution is 2.45. The Kier molecular flexibility index (Phi) is 5.81. The molecule has 3 heterocycles. The second-order valence-electron chi connectivity index (χ2n) is 7.85. The van der Waals surface area contributed by atoms with E-state index in [2.05, 4.69) is 25.8 Å². The highest BCUT2D eigenvalue weighted by molar-refractivity contribution is 7.80. The van der Waals surface area contributed by atoms with E-state index in [0.717, 1.165) is 22.8 Å². The average molecular weight is 473 g/mol. The lowest BCUT2D eigenvalue weighted by Gasteiger charge is -2.30. The normalized spacial score (nSPS) is 17.5. The lowest BCUT2D eigenvalue weighted by atomic mass is 10.0. The van der Waals surface area contributed by atoms with E-state index < -0.39 is 0 Å². The molecule has 172 valence electrons. The molecule has 7 nitrogen and oxygen atoms in total. The van der Waals surface area contributed by atoms with E-state index in [9.17, 15) is 5.11 Å². The number of phenols is 1. The van der Waals surface area contributed by atoms with Gasteiger partial charge in [-0.3, -0.25) is 4.98 Å². The van der Waals surface area contributed by atoms with Crippen molar-refractivity contribution in [1.29, 1.82) is 0 Å². The van der Waals surface area contributed by atoms with E-state index in [1.807, 2.05) is 60.8 Å². The second kappa shape index (κ2) is 9.07. The number of aromatic nitrogens is 2. The number of hydrogen-bond donors (Lipinski definition) is 2. The minimum absolute atomic E-state index is 0.203. The first-order valence-corrected chi connectivity index (χ1v) is 11.2. The van der Waals surface area contributed by atoms with Gasteiger partial charge in [0.05, 0.1) is 31.6 Å². The number of phenolic OH excluding ortho intramolecular Hbond substituents is 1. The van der Waals surface area contributed by atoms with Crippen molar-refractivity contribution in [2.24, 2.45) is 0 Å². The Hall–Kier alpha value is -4.04. The van der Waals surface area contributed by atoms with Crippen LogP contribution in [-0.2, 0) is 0 Å². The van der Waals surface area contributed by atoms with Crippen LogP contribution in [0.15, 0.2) is 85.2 Å². The zero-order valence-corrected chi connectivity index (χ0v) is 19.6. The number of anilines is 1. The van der Waals surface area contributed by atoms with Crippen LogP contribution < -0.4 is 19.7 Å². The van der Waals surface area contributed by atoms with Crippen LogP contribution in [0.5, 0.6) is 17.2 Å². The largest absolute Gasteiger partial charge is 0.508 e. The molecule has 2 aromatic carbocycles. The Bertz CT molecular complexity index is 1310. The molecule has 0 unspecified atom stereocenters. The molecule has 1 aliphatic rings. The van der Waals surface area contributed by atoms with Gasteiger partial charge in [0, 0.05) is 29.8 Å². The number of thiocarbonyl (C=S) groups is 1. The van der Waals surface area contributed by atoms with Crippen LogP contribution in [0.2, 0.25) is 0 Å². The van der Waals surface area contributed by atoms with Gasteiger partial charge in [-0.05, 0) is 72.9 Å². The van der Waals surface area contributed by atoms with Gasteiger partial charge in [0.15, 0.2) is 5.11 Å². The summed E-state index contributed by atoms with van der Waals surface area (Å²) in [6, 6.07) is 22.3. The second-order valence-corrected chi connectivity index (χ2v) is 8.24. The van der Waals surface area contributed by atoms with Crippen LogP contribution in [0.1, 0.15) is 23.5 Å². The number of hydrogen-bond acceptors (Lipinski definition) is 5. The molecule has 2 N–H and O–H groups in total. The van der Waals surface area contributed by atoms with Gasteiger partial charge >= 0.3 is 0 Å². The van der Waals surface area contributed by atoms with Crippen LogP contribution in [0.3, 0.4) is 0 Å². The number of nitrogens with zero attached hydrogens (tertiary/aromatic N) is 3. The minimum Gasteiger partial charge on any atom is -0.508 e. The molecule has 0 aliphatic carbocycles. The van der Waals surface area contributed by atoms with Gasteiger partial charge < -0.3 is 29.4 Å². The average Bonchev–Trinajstić information content (AvgIpc) is 3.49. The fraction of sp³-hybridized carbons (Fsp3) is 0.154. The van der Waals surface area contributed by atoms with Gasteiger partial charge in [-0.1, -0.05) is 6.07 Å². The van der Waals surface area contributed by atoms with Gasteiger partial charge in [-0.2, -0.15) is 0 Å². The SMILES string of the molecule is COc1ccc(N2C(=S)N[C@@H](c3ccccn3)[C@H]2c2cccn2-c2ccc(O)cc2)c(OC)c1. The number of nitrogens with one attached hydrogen (secondary N) is 1. The zero-order valence-electron chi connectivity index (χ0n) is 18.8. The van der Waals surface area contributed by atoms with Crippen molar-refractivity contribution in [1.82, 2.24) is 14.9 Å². The molecule has 2 atom stereocenters. The molecule has 34 heavy (non-hydrogen) atoms. The molecular weight excluding hydrogens is 448 g/mol. The van der Waals surface area contributed by atoms with Crippen molar-refractivity contribution in [2.75, 3.05) is 19.1 Å². The van der Waals surface area contributed by atoms with Crippen molar-refractivity contribution in [3.05, 3.63) is 96.6 Å². The van der Waals surface area contributed by atoms with Crippen LogP contribution in [-0.4, -0.2) is 34.0 Å². The van der Waals surface area contributed by atoms with Gasteiger partial charge in [-0.15, -0.1) is 0 Å². The maximum Gasteiger partial charge on any atom is 0.174 e. The predicted molar refractivity (Wildman–Crippen MR) is 135 cm³/mol. The Labute approximate surface area is 203 Å². The van der Waals surface area contributed by atoms with Crippen molar-refractivity contribution in [3.63, 3.8) is 0 Å². The highest BCUT2D eigenvalue weighted by Gasteiger charge is 2.43. The molecule has 0 amide bonds. The van der Waals surface area contributed by atoms with Crippen molar-refractivity contribution < 1.29 is 14.6 Å². The predicted octanol–water partition coefficient (Wildman–Crippen LogP) is 4.77. The summed E-state index contributed by atoms with van der Waals surface area (Å²) in [5, 5.41) is 13.8. The van der Waals surface area contributed by atoms with Crippen molar-refractivity contribution in [3.8, 4) is 22.9 Å². The van der Waals surface area contributed by atoms with E-state index >= 15 is 0 Å². The van der Waals surface area contributed by atoms with Crippen LogP contribution >= 0.6 is 12.2 Å². The lowest BCUT2D eigenvalue weighted by molar-refractivity contribution is 0.394. The summed E-state index contributed by atoms with van der Waals surface area (Å²) in [4.78, 5) is 6.69. The van der Waals surface area contributed by atoms with E-state index in [0.29, 0.717) is 16.6 Å². The summed E-state index contributed by atoms with van der Waals surface area (Å²) < 4.78 is 13.2. The number of ether oxygens (including phenoxy) is 2. The Morgan fingerprint density at radius 2 is 1.79 bits per heavy atom. The summed E-state index contributed by atoms with van der Waals surface area (Å²) in [6.07, 6.45) is 3.79. The monoisotopic (exact) mass is 472 g/mol. The number of aromatic hydroxyl groups is 1. The van der Waals surface area contributed by atoms with E-state index in [1.54, 1.807) is 32.5 Å². The highest BCUT2D eigenvalue weighted by atomic mass is 32.1. The van der Waals surface area contributed by atoms with E-state index in [4.69, 9.17) is 21.7 Å². The smallest absolute Gasteiger partial charge is 0.174 e. The van der Waals surface area contributed by atoms with Crippen LogP contribution in [0.4, 0.5) is 5.69 Å². The summed E-state index contributed by atoms with van der Waals surface area (Å²) in [6.45, 7) is 0. The Morgan fingerprint density at radius 3 is 2.50 bits per heavy atom. The molecule has 5 rings (SSSR count). The number of benzene rings is 2. The third kappa shape index (κ3) is 3.82. The molecule has 8 heteroatoms. The van der Waals surface area contributed by atoms with Crippen molar-refractivity contribution in [2.45, 2.75) is 12.1 Å². The maximum absolute atomic E-state index is 9.77. The maximum atomic E-state index is 9.77. The molecule has 0 bridgehead atoms. The third-order valence-corrected chi connectivity index (χ3v) is 6.27. The fourth-order valence-electron chi connectivity index (χ4n) is 4.38. The molecular formula is C26H24N4O3S. The number of pyridine rings is 1. The van der Waals surface area contributed by atoms with Crippen molar-refractivity contribution >= 4 is 23.0 Å². The molecule has 0 spiro atoms. The lowest BCUT2D eigenvalue weighted by Crippen LogP contribution is -2.30. The topological polar surface area (TPSA) is 71.8 Å². The van der Waals surface area contributed by atoms with Crippen LogP contribution in [0.25, 0.3) is 5.69 Å². The number of methoxy groups -OCH3 is 2. The minimum atomic E-state index is -0.228. The van der Waals surface area contributed by atoms with Gasteiger partial charge in [-0.25, -0.2) is 0 Å². The van der Waals surface area contributed by atoms with E-state index in [1.165, 1.54) is 0 Å². The first-order chi connectivity index (χ1) is 16.6. The first kappa shape index (κ1) is 21.8. The standard InChI is InChI=1S/C26H24N4O3S/c1-32-19-12-13-21(23(16-19)33-2)30-25(24(28-26(30)34)20-6-3-4-14-27-20)22-7-5-15-29(22)17-8-10-18(31)11-9-17/h3-16,24-25,31H,1-2H3,(H,28,34)/t24-,25+/m0/s1.